The third-order valence-corrected chi connectivity index (χ3v) is 6.66. The number of nitrogens with zero attached hydrogens (tertiary/aromatic N) is 1. The Morgan fingerprint density at radius 2 is 1.84 bits per heavy atom. The van der Waals surface area contributed by atoms with E-state index < -0.39 is 12.1 Å². The lowest BCUT2D eigenvalue weighted by Gasteiger charge is -2.24. The Morgan fingerprint density at radius 3 is 2.62 bits per heavy atom. The van der Waals surface area contributed by atoms with E-state index in [0.29, 0.717) is 29.1 Å². The Labute approximate surface area is 189 Å². The van der Waals surface area contributed by atoms with Crippen LogP contribution in [-0.2, 0) is 4.79 Å². The molecule has 3 amide bonds. The Morgan fingerprint density at radius 1 is 1.03 bits per heavy atom. The minimum atomic E-state index is -0.734. The van der Waals surface area contributed by atoms with Crippen LogP contribution in [-0.4, -0.2) is 41.2 Å². The van der Waals surface area contributed by atoms with Crippen LogP contribution in [0.15, 0.2) is 66.0 Å². The maximum atomic E-state index is 13.3. The van der Waals surface area contributed by atoms with Crippen LogP contribution in [0.5, 0.6) is 0 Å². The van der Waals surface area contributed by atoms with Crippen molar-refractivity contribution in [2.75, 3.05) is 11.9 Å². The van der Waals surface area contributed by atoms with E-state index in [9.17, 15) is 14.4 Å². The van der Waals surface area contributed by atoms with Crippen molar-refractivity contribution in [1.82, 2.24) is 10.2 Å². The molecule has 2 N–H and O–H groups in total. The summed E-state index contributed by atoms with van der Waals surface area (Å²) in [5.41, 5.74) is 2.89. The minimum Gasteiger partial charge on any atom is -0.346 e. The number of hydrogen-bond acceptors (Lipinski definition) is 4. The van der Waals surface area contributed by atoms with Crippen molar-refractivity contribution in [2.45, 2.75) is 18.5 Å². The van der Waals surface area contributed by atoms with Gasteiger partial charge in [-0.25, -0.2) is 0 Å². The summed E-state index contributed by atoms with van der Waals surface area (Å²) in [6.45, 7) is 0.413. The number of carbonyl (C=O) groups is 3. The van der Waals surface area contributed by atoms with Gasteiger partial charge >= 0.3 is 0 Å². The molecule has 1 saturated heterocycles. The highest BCUT2D eigenvalue weighted by atomic mass is 32.1. The smallest absolute Gasteiger partial charge is 0.261 e. The van der Waals surface area contributed by atoms with E-state index in [1.807, 2.05) is 60.0 Å². The number of carbonyl (C=O) groups excluding carboxylic acids is 3. The van der Waals surface area contributed by atoms with Crippen LogP contribution < -0.4 is 10.6 Å². The molecule has 32 heavy (non-hydrogen) atoms. The Kier molecular flexibility index (Phi) is 5.33. The Hall–Kier alpha value is -3.71. The molecular weight excluding hydrogens is 422 g/mol. The van der Waals surface area contributed by atoms with Crippen LogP contribution in [0.2, 0.25) is 0 Å². The molecule has 0 unspecified atom stereocenters. The van der Waals surface area contributed by atoms with E-state index in [0.717, 1.165) is 11.1 Å². The van der Waals surface area contributed by atoms with E-state index in [1.165, 1.54) is 11.3 Å². The molecule has 2 aliphatic rings. The van der Waals surface area contributed by atoms with Gasteiger partial charge in [0.1, 0.15) is 6.04 Å². The summed E-state index contributed by atoms with van der Waals surface area (Å²) in [5.74, 6) is -0.702. The van der Waals surface area contributed by atoms with Gasteiger partial charge in [-0.3, -0.25) is 14.4 Å². The molecule has 3 heterocycles. The average Bonchev–Trinajstić information content (AvgIpc) is 3.47. The molecule has 2 atom stereocenters. The van der Waals surface area contributed by atoms with Crippen molar-refractivity contribution in [1.29, 1.82) is 0 Å². The molecule has 3 aromatic rings. The van der Waals surface area contributed by atoms with Crippen LogP contribution in [0.1, 0.15) is 37.6 Å². The van der Waals surface area contributed by atoms with E-state index in [-0.39, 0.29) is 17.7 Å². The molecule has 1 fully saturated rings. The number of fused-ring (bicyclic) bond motifs is 2. The fourth-order valence-electron chi connectivity index (χ4n) is 4.21. The molecule has 0 saturated carbocycles. The predicted molar refractivity (Wildman–Crippen MR) is 125 cm³/mol. The van der Waals surface area contributed by atoms with Gasteiger partial charge in [0, 0.05) is 6.54 Å². The number of hydrogen-bond donors (Lipinski definition) is 2. The van der Waals surface area contributed by atoms with Crippen molar-refractivity contribution in [3.05, 3.63) is 87.6 Å². The van der Waals surface area contributed by atoms with E-state index >= 15 is 0 Å². The lowest BCUT2D eigenvalue weighted by Crippen LogP contribution is -2.51. The third-order valence-electron chi connectivity index (χ3n) is 5.79. The maximum absolute atomic E-state index is 13.3. The summed E-state index contributed by atoms with van der Waals surface area (Å²) in [5, 5.41) is 7.66. The fourth-order valence-corrected chi connectivity index (χ4v) is 4.84. The van der Waals surface area contributed by atoms with Gasteiger partial charge in [0.15, 0.2) is 0 Å². The number of amides is 3. The number of benzene rings is 2. The number of nitrogens with one attached hydrogen (secondary N) is 2. The van der Waals surface area contributed by atoms with Crippen LogP contribution in [0.25, 0.3) is 12.2 Å². The predicted octanol–water partition coefficient (Wildman–Crippen LogP) is 3.88. The Bertz CT molecular complexity index is 1200. The first-order valence-corrected chi connectivity index (χ1v) is 11.3. The normalized spacial score (nSPS) is 19.9. The van der Waals surface area contributed by atoms with Crippen LogP contribution in [0.4, 0.5) is 5.69 Å². The van der Waals surface area contributed by atoms with Gasteiger partial charge < -0.3 is 15.5 Å². The lowest BCUT2D eigenvalue weighted by molar-refractivity contribution is -0.120. The van der Waals surface area contributed by atoms with Gasteiger partial charge in [0.2, 0.25) is 5.91 Å². The molecule has 0 aliphatic carbocycles. The van der Waals surface area contributed by atoms with Crippen molar-refractivity contribution < 1.29 is 14.4 Å². The highest BCUT2D eigenvalue weighted by Crippen LogP contribution is 2.30. The van der Waals surface area contributed by atoms with Crippen molar-refractivity contribution in [3.8, 4) is 0 Å². The lowest BCUT2D eigenvalue weighted by atomic mass is 10.1. The summed E-state index contributed by atoms with van der Waals surface area (Å²) < 4.78 is 0. The molecule has 0 spiro atoms. The first kappa shape index (κ1) is 20.2. The van der Waals surface area contributed by atoms with Gasteiger partial charge in [-0.15, -0.1) is 11.3 Å². The van der Waals surface area contributed by atoms with Crippen molar-refractivity contribution in [2.24, 2.45) is 0 Å². The molecule has 6 nitrogen and oxygen atoms in total. The second-order valence-electron chi connectivity index (χ2n) is 7.83. The standard InChI is InChI=1S/C25H21N3O3S/c29-23(21-7-4-14-32-21)27-20-12-13-28-22(20)24(30)26-19-11-10-17(15-18(19)25(28)31)9-8-16-5-2-1-3-6-16/h1-11,14-15,20,22H,12-13H2,(H,26,30)(H,27,29)/t20-,22-/m0/s1. The Balaban J connectivity index is 1.39. The SMILES string of the molecule is O=C(N[C@H]1CCN2C(=O)c3cc(C=Cc4ccccc4)ccc3NC(=O)[C@H]12)c1cccs1. The van der Waals surface area contributed by atoms with Gasteiger partial charge in [0.05, 0.1) is 22.2 Å². The van der Waals surface area contributed by atoms with Gasteiger partial charge in [0.25, 0.3) is 11.8 Å². The second-order valence-corrected chi connectivity index (χ2v) is 8.78. The van der Waals surface area contributed by atoms with E-state index in [1.54, 1.807) is 23.1 Å². The summed E-state index contributed by atoms with van der Waals surface area (Å²) in [6, 6.07) is 17.7. The minimum absolute atomic E-state index is 0.203. The zero-order valence-corrected chi connectivity index (χ0v) is 18.0. The number of thiophene rings is 1. The molecule has 1 aromatic heterocycles. The molecule has 0 bridgehead atoms. The molecule has 2 aromatic carbocycles. The van der Waals surface area contributed by atoms with E-state index in [4.69, 9.17) is 0 Å². The van der Waals surface area contributed by atoms with Gasteiger partial charge in [-0.2, -0.15) is 0 Å². The first-order chi connectivity index (χ1) is 15.6. The van der Waals surface area contributed by atoms with E-state index in [2.05, 4.69) is 10.6 Å². The topological polar surface area (TPSA) is 78.5 Å². The molecule has 2 aliphatic heterocycles. The highest BCUT2D eigenvalue weighted by Gasteiger charge is 2.45. The summed E-state index contributed by atoms with van der Waals surface area (Å²) in [4.78, 5) is 41.0. The first-order valence-electron chi connectivity index (χ1n) is 10.4. The van der Waals surface area contributed by atoms with Crippen molar-refractivity contribution >= 4 is 46.9 Å². The van der Waals surface area contributed by atoms with Gasteiger partial charge in [-0.05, 0) is 41.1 Å². The molecule has 5 rings (SSSR count). The van der Waals surface area contributed by atoms with Crippen LogP contribution in [0, 0.1) is 0 Å². The number of rotatable bonds is 4. The second kappa shape index (κ2) is 8.43. The van der Waals surface area contributed by atoms with Crippen molar-refractivity contribution in [3.63, 3.8) is 0 Å². The molecule has 7 heteroatoms. The average molecular weight is 444 g/mol. The zero-order valence-electron chi connectivity index (χ0n) is 17.2. The summed E-state index contributed by atoms with van der Waals surface area (Å²) in [6.07, 6.45) is 4.46. The summed E-state index contributed by atoms with van der Waals surface area (Å²) in [7, 11) is 0. The zero-order chi connectivity index (χ0) is 22.1. The fraction of sp³-hybridized carbons (Fsp3) is 0.160. The largest absolute Gasteiger partial charge is 0.346 e. The maximum Gasteiger partial charge on any atom is 0.261 e. The molecule has 0 radical (unpaired) electrons. The monoisotopic (exact) mass is 443 g/mol. The third kappa shape index (κ3) is 3.83. The quantitative estimate of drug-likeness (QED) is 0.601. The number of anilines is 1. The highest BCUT2D eigenvalue weighted by molar-refractivity contribution is 7.12. The van der Waals surface area contributed by atoms with Gasteiger partial charge in [-0.1, -0.05) is 54.6 Å². The van der Waals surface area contributed by atoms with Crippen LogP contribution >= 0.6 is 11.3 Å². The van der Waals surface area contributed by atoms with Crippen LogP contribution in [0.3, 0.4) is 0 Å². The summed E-state index contributed by atoms with van der Waals surface area (Å²) >= 11 is 1.34. The molecular formula is C25H21N3O3S. The molecule has 160 valence electrons.